The molecule has 1 heterocycles. The van der Waals surface area contributed by atoms with Gasteiger partial charge in [-0.2, -0.15) is 0 Å². The van der Waals surface area contributed by atoms with Gasteiger partial charge in [0.25, 0.3) is 0 Å². The van der Waals surface area contributed by atoms with Crippen molar-refractivity contribution in [1.82, 2.24) is 4.98 Å². The molecule has 0 aromatic carbocycles. The van der Waals surface area contributed by atoms with E-state index < -0.39 is 0 Å². The molecule has 1 aromatic rings. The van der Waals surface area contributed by atoms with Gasteiger partial charge >= 0.3 is 0 Å². The Labute approximate surface area is 76.1 Å². The van der Waals surface area contributed by atoms with Crippen molar-refractivity contribution in [2.75, 3.05) is 6.54 Å². The van der Waals surface area contributed by atoms with Gasteiger partial charge < -0.3 is 5.73 Å². The van der Waals surface area contributed by atoms with Crippen molar-refractivity contribution in [2.24, 2.45) is 11.7 Å². The molecule has 0 saturated carbocycles. The van der Waals surface area contributed by atoms with E-state index in [0.29, 0.717) is 5.92 Å². The normalized spacial score (nSPS) is 20.9. The molecule has 1 aliphatic rings. The third kappa shape index (κ3) is 1.42. The molecule has 2 nitrogen and oxygen atoms in total. The molecule has 2 N–H and O–H groups in total. The smallest absolute Gasteiger partial charge is 0.0801 e. The highest BCUT2D eigenvalue weighted by Crippen LogP contribution is 2.26. The first-order valence-corrected chi connectivity index (χ1v) is 5.08. The molecule has 1 unspecified atom stereocenters. The van der Waals surface area contributed by atoms with E-state index in [1.807, 2.05) is 5.51 Å². The zero-order valence-electron chi connectivity index (χ0n) is 6.86. The van der Waals surface area contributed by atoms with Crippen molar-refractivity contribution in [3.63, 3.8) is 0 Å². The second kappa shape index (κ2) is 3.37. The van der Waals surface area contributed by atoms with E-state index in [1.54, 1.807) is 11.3 Å². The Kier molecular flexibility index (Phi) is 2.23. The van der Waals surface area contributed by atoms with Crippen molar-refractivity contribution in [3.8, 4) is 0 Å². The van der Waals surface area contributed by atoms with Crippen LogP contribution in [0.1, 0.15) is 17.0 Å². The number of thiazole rings is 1. The Morgan fingerprint density at radius 2 is 2.58 bits per heavy atom. The minimum Gasteiger partial charge on any atom is -0.330 e. The summed E-state index contributed by atoms with van der Waals surface area (Å²) in [6, 6.07) is 0. The number of hydrogen-bond donors (Lipinski definition) is 1. The number of nitrogens with zero attached hydrogens (tertiary/aromatic N) is 1. The van der Waals surface area contributed by atoms with Crippen LogP contribution in [-0.4, -0.2) is 11.5 Å². The average molecular weight is 180 g/mol. The number of rotatable bonds is 2. The van der Waals surface area contributed by atoms with Gasteiger partial charge in [0.15, 0.2) is 0 Å². The van der Waals surface area contributed by atoms with Crippen molar-refractivity contribution >= 4 is 17.4 Å². The van der Waals surface area contributed by atoms with Gasteiger partial charge in [0.05, 0.1) is 11.2 Å². The van der Waals surface area contributed by atoms with Crippen LogP contribution in [0.2, 0.25) is 0 Å². The SMILES string of the molecule is NCCC1C=Cc2scnc2C1. The lowest BCUT2D eigenvalue weighted by molar-refractivity contribution is 0.587. The fourth-order valence-electron chi connectivity index (χ4n) is 1.52. The maximum Gasteiger partial charge on any atom is 0.0801 e. The summed E-state index contributed by atoms with van der Waals surface area (Å²) in [4.78, 5) is 5.64. The van der Waals surface area contributed by atoms with Crippen LogP contribution in [0.25, 0.3) is 6.08 Å². The lowest BCUT2D eigenvalue weighted by Gasteiger charge is -2.14. The van der Waals surface area contributed by atoms with Crippen molar-refractivity contribution in [3.05, 3.63) is 22.2 Å². The van der Waals surface area contributed by atoms with Gasteiger partial charge in [-0.25, -0.2) is 4.98 Å². The first-order chi connectivity index (χ1) is 5.90. The molecule has 0 saturated heterocycles. The zero-order valence-corrected chi connectivity index (χ0v) is 7.68. The van der Waals surface area contributed by atoms with Crippen LogP contribution in [0.15, 0.2) is 11.6 Å². The molecule has 0 amide bonds. The Balaban J connectivity index is 2.13. The average Bonchev–Trinajstić information content (AvgIpc) is 2.51. The lowest BCUT2D eigenvalue weighted by Crippen LogP contribution is -2.11. The zero-order chi connectivity index (χ0) is 8.39. The molecule has 1 aliphatic carbocycles. The molecule has 0 spiro atoms. The van der Waals surface area contributed by atoms with Crippen LogP contribution in [-0.2, 0) is 6.42 Å². The highest BCUT2D eigenvalue weighted by atomic mass is 32.1. The van der Waals surface area contributed by atoms with Crippen LogP contribution in [0.4, 0.5) is 0 Å². The molecule has 64 valence electrons. The highest BCUT2D eigenvalue weighted by Gasteiger charge is 2.14. The van der Waals surface area contributed by atoms with E-state index in [9.17, 15) is 0 Å². The van der Waals surface area contributed by atoms with Gasteiger partial charge in [-0.1, -0.05) is 6.08 Å². The maximum absolute atomic E-state index is 5.50. The van der Waals surface area contributed by atoms with E-state index in [0.717, 1.165) is 19.4 Å². The van der Waals surface area contributed by atoms with Crippen LogP contribution < -0.4 is 5.73 Å². The third-order valence-corrected chi connectivity index (χ3v) is 3.02. The van der Waals surface area contributed by atoms with Gasteiger partial charge in [0.2, 0.25) is 0 Å². The molecule has 0 radical (unpaired) electrons. The van der Waals surface area contributed by atoms with E-state index in [2.05, 4.69) is 17.1 Å². The molecule has 12 heavy (non-hydrogen) atoms. The second-order valence-corrected chi connectivity index (χ2v) is 3.95. The molecule has 1 aromatic heterocycles. The summed E-state index contributed by atoms with van der Waals surface area (Å²) in [7, 11) is 0. The van der Waals surface area contributed by atoms with E-state index >= 15 is 0 Å². The molecular formula is C9H12N2S. The van der Waals surface area contributed by atoms with Crippen molar-refractivity contribution in [1.29, 1.82) is 0 Å². The predicted molar refractivity (Wildman–Crippen MR) is 52.0 cm³/mol. The van der Waals surface area contributed by atoms with Crippen LogP contribution >= 0.6 is 11.3 Å². The Bertz CT molecular complexity index is 290. The van der Waals surface area contributed by atoms with Crippen LogP contribution in [0.5, 0.6) is 0 Å². The molecule has 3 heteroatoms. The number of fused-ring (bicyclic) bond motifs is 1. The fraction of sp³-hybridized carbons (Fsp3) is 0.444. The Hall–Kier alpha value is -0.670. The first kappa shape index (κ1) is 7.95. The lowest BCUT2D eigenvalue weighted by atomic mass is 9.94. The summed E-state index contributed by atoms with van der Waals surface area (Å²) in [5.41, 5.74) is 8.67. The summed E-state index contributed by atoms with van der Waals surface area (Å²) < 4.78 is 0. The topological polar surface area (TPSA) is 38.9 Å². The molecule has 2 rings (SSSR count). The molecule has 1 atom stereocenters. The fourth-order valence-corrected chi connectivity index (χ4v) is 2.24. The predicted octanol–water partition coefficient (Wildman–Crippen LogP) is 1.68. The van der Waals surface area contributed by atoms with Gasteiger partial charge in [0, 0.05) is 4.88 Å². The van der Waals surface area contributed by atoms with Gasteiger partial charge in [-0.15, -0.1) is 11.3 Å². The second-order valence-electron chi connectivity index (χ2n) is 3.06. The number of aromatic nitrogens is 1. The minimum absolute atomic E-state index is 0.615. The molecular weight excluding hydrogens is 168 g/mol. The largest absolute Gasteiger partial charge is 0.330 e. The quantitative estimate of drug-likeness (QED) is 0.752. The van der Waals surface area contributed by atoms with Gasteiger partial charge in [-0.05, 0) is 31.4 Å². The molecule has 0 bridgehead atoms. The minimum atomic E-state index is 0.615. The van der Waals surface area contributed by atoms with Crippen LogP contribution in [0, 0.1) is 5.92 Å². The highest BCUT2D eigenvalue weighted by molar-refractivity contribution is 7.10. The number of nitrogens with two attached hydrogens (primary N) is 1. The summed E-state index contributed by atoms with van der Waals surface area (Å²) in [5, 5.41) is 0. The molecule has 0 fully saturated rings. The summed E-state index contributed by atoms with van der Waals surface area (Å²) in [6.45, 7) is 0.772. The van der Waals surface area contributed by atoms with Crippen LogP contribution in [0.3, 0.4) is 0 Å². The van der Waals surface area contributed by atoms with Gasteiger partial charge in [-0.3, -0.25) is 0 Å². The van der Waals surface area contributed by atoms with Crippen molar-refractivity contribution in [2.45, 2.75) is 12.8 Å². The standard InChI is InChI=1S/C9H12N2S/c10-4-3-7-1-2-9-8(5-7)11-6-12-9/h1-2,6-7H,3-5,10H2. The first-order valence-electron chi connectivity index (χ1n) is 4.21. The maximum atomic E-state index is 5.50. The summed E-state index contributed by atoms with van der Waals surface area (Å²) in [5.74, 6) is 0.615. The molecule has 0 aliphatic heterocycles. The van der Waals surface area contributed by atoms with Gasteiger partial charge in [0.1, 0.15) is 0 Å². The summed E-state index contributed by atoms with van der Waals surface area (Å²) in [6.07, 6.45) is 6.59. The Morgan fingerprint density at radius 3 is 3.42 bits per heavy atom. The number of hydrogen-bond acceptors (Lipinski definition) is 3. The van der Waals surface area contributed by atoms with E-state index in [1.165, 1.54) is 10.6 Å². The summed E-state index contributed by atoms with van der Waals surface area (Å²) >= 11 is 1.72. The van der Waals surface area contributed by atoms with E-state index in [4.69, 9.17) is 5.73 Å². The Morgan fingerprint density at radius 1 is 1.67 bits per heavy atom. The van der Waals surface area contributed by atoms with Crippen molar-refractivity contribution < 1.29 is 0 Å². The van der Waals surface area contributed by atoms with E-state index in [-0.39, 0.29) is 0 Å². The number of allylic oxidation sites excluding steroid dienone is 1. The monoisotopic (exact) mass is 180 g/mol. The third-order valence-electron chi connectivity index (χ3n) is 2.19.